The summed E-state index contributed by atoms with van der Waals surface area (Å²) in [6.45, 7) is 7.91. The summed E-state index contributed by atoms with van der Waals surface area (Å²) in [6.07, 6.45) is 2.45. The van der Waals surface area contributed by atoms with Crippen molar-refractivity contribution in [2.45, 2.75) is 64.5 Å². The van der Waals surface area contributed by atoms with Crippen LogP contribution in [0.1, 0.15) is 51.7 Å². The minimum Gasteiger partial charge on any atom is -0.392 e. The van der Waals surface area contributed by atoms with E-state index in [4.69, 9.17) is 0 Å². The molecule has 0 bridgehead atoms. The quantitative estimate of drug-likeness (QED) is 0.775. The highest BCUT2D eigenvalue weighted by molar-refractivity contribution is 7.89. The van der Waals surface area contributed by atoms with Crippen LogP contribution in [-0.4, -0.2) is 19.6 Å². The van der Waals surface area contributed by atoms with Crippen molar-refractivity contribution in [2.75, 3.05) is 0 Å². The van der Waals surface area contributed by atoms with Crippen molar-refractivity contribution in [2.24, 2.45) is 5.92 Å². The molecule has 4 nitrogen and oxygen atoms in total. The Bertz CT molecular complexity index is 553. The van der Waals surface area contributed by atoms with Gasteiger partial charge >= 0.3 is 0 Å². The minimum atomic E-state index is -3.54. The average molecular weight is 313 g/mol. The molecule has 21 heavy (non-hydrogen) atoms. The largest absolute Gasteiger partial charge is 0.392 e. The van der Waals surface area contributed by atoms with E-state index in [1.54, 1.807) is 18.2 Å². The summed E-state index contributed by atoms with van der Waals surface area (Å²) in [5.74, 6) is 0.556. The topological polar surface area (TPSA) is 66.4 Å². The molecule has 0 heterocycles. The number of rotatable bonds is 8. The molecule has 0 aliphatic rings. The maximum absolute atomic E-state index is 12.5. The number of hydrogen-bond acceptors (Lipinski definition) is 3. The molecule has 0 aromatic heterocycles. The fourth-order valence-electron chi connectivity index (χ4n) is 2.21. The molecule has 2 N–H and O–H groups in total. The molecular weight excluding hydrogens is 286 g/mol. The smallest absolute Gasteiger partial charge is 0.241 e. The molecule has 0 fully saturated rings. The lowest BCUT2D eigenvalue weighted by atomic mass is 10.1. The lowest BCUT2D eigenvalue weighted by Crippen LogP contribution is -2.33. The van der Waals surface area contributed by atoms with E-state index in [-0.39, 0.29) is 17.5 Å². The molecule has 0 saturated carbocycles. The molecule has 0 amide bonds. The second-order valence-electron chi connectivity index (χ2n) is 5.95. The molecule has 1 aromatic rings. The zero-order valence-electron chi connectivity index (χ0n) is 13.4. The molecule has 0 aliphatic heterocycles. The summed E-state index contributed by atoms with van der Waals surface area (Å²) in [4.78, 5) is 0.285. The van der Waals surface area contributed by atoms with Crippen LogP contribution in [0.25, 0.3) is 0 Å². The molecule has 0 saturated heterocycles. The molecule has 1 rings (SSSR count). The average Bonchev–Trinajstić information content (AvgIpc) is 2.44. The Labute approximate surface area is 128 Å². The highest BCUT2D eigenvalue weighted by Gasteiger charge is 2.20. The first-order valence-corrected chi connectivity index (χ1v) is 9.03. The van der Waals surface area contributed by atoms with E-state index in [2.05, 4.69) is 18.6 Å². The van der Waals surface area contributed by atoms with Crippen molar-refractivity contribution in [3.05, 3.63) is 29.3 Å². The van der Waals surface area contributed by atoms with Gasteiger partial charge in [-0.1, -0.05) is 32.9 Å². The van der Waals surface area contributed by atoms with Gasteiger partial charge in [0.2, 0.25) is 10.0 Å². The number of aliphatic hydroxyl groups is 1. The number of aryl methyl sites for hydroxylation is 1. The molecule has 1 unspecified atom stereocenters. The summed E-state index contributed by atoms with van der Waals surface area (Å²) in [6, 6.07) is 5.01. The molecule has 1 atom stereocenters. The Morgan fingerprint density at radius 3 is 2.38 bits per heavy atom. The Balaban J connectivity index is 2.96. The minimum absolute atomic E-state index is 0.0973. The van der Waals surface area contributed by atoms with Crippen LogP contribution in [-0.2, 0) is 23.1 Å². The van der Waals surface area contributed by atoms with Gasteiger partial charge in [0.15, 0.2) is 0 Å². The first kappa shape index (κ1) is 18.1. The molecule has 5 heteroatoms. The maximum Gasteiger partial charge on any atom is 0.241 e. The van der Waals surface area contributed by atoms with Gasteiger partial charge in [-0.3, -0.25) is 0 Å². The van der Waals surface area contributed by atoms with Gasteiger partial charge in [0.05, 0.1) is 11.5 Å². The summed E-state index contributed by atoms with van der Waals surface area (Å²) in [7, 11) is -3.54. The van der Waals surface area contributed by atoms with Crippen molar-refractivity contribution >= 4 is 10.0 Å². The SMILES string of the molecule is CCc1ccc(CO)cc1S(=O)(=O)NC(C)CCC(C)C. The molecule has 1 aromatic carbocycles. The second-order valence-corrected chi connectivity index (χ2v) is 7.63. The number of benzene rings is 1. The van der Waals surface area contributed by atoms with Crippen LogP contribution in [0, 0.1) is 5.92 Å². The predicted octanol–water partition coefficient (Wildman–Crippen LogP) is 2.84. The number of hydrogen-bond donors (Lipinski definition) is 2. The van der Waals surface area contributed by atoms with E-state index in [1.165, 1.54) is 0 Å². The monoisotopic (exact) mass is 313 g/mol. The number of nitrogens with one attached hydrogen (secondary N) is 1. The normalized spacial score (nSPS) is 13.6. The lowest BCUT2D eigenvalue weighted by Gasteiger charge is -2.17. The Morgan fingerprint density at radius 1 is 1.19 bits per heavy atom. The first-order chi connectivity index (χ1) is 9.80. The first-order valence-electron chi connectivity index (χ1n) is 7.55. The van der Waals surface area contributed by atoms with E-state index in [0.717, 1.165) is 18.4 Å². The van der Waals surface area contributed by atoms with Crippen LogP contribution in [0.15, 0.2) is 23.1 Å². The van der Waals surface area contributed by atoms with Crippen LogP contribution >= 0.6 is 0 Å². The van der Waals surface area contributed by atoms with Crippen LogP contribution in [0.3, 0.4) is 0 Å². The van der Waals surface area contributed by atoms with Crippen LogP contribution in [0.2, 0.25) is 0 Å². The summed E-state index contributed by atoms with van der Waals surface area (Å²) in [5, 5.41) is 9.20. The van der Waals surface area contributed by atoms with Crippen LogP contribution in [0.5, 0.6) is 0 Å². The van der Waals surface area contributed by atoms with E-state index >= 15 is 0 Å². The number of aliphatic hydroxyl groups excluding tert-OH is 1. The van der Waals surface area contributed by atoms with E-state index in [0.29, 0.717) is 17.9 Å². The second kappa shape index (κ2) is 7.92. The third-order valence-corrected chi connectivity index (χ3v) is 5.19. The predicted molar refractivity (Wildman–Crippen MR) is 85.6 cm³/mol. The van der Waals surface area contributed by atoms with E-state index in [9.17, 15) is 13.5 Å². The Morgan fingerprint density at radius 2 is 1.86 bits per heavy atom. The van der Waals surface area contributed by atoms with Gasteiger partial charge in [-0.05, 0) is 49.3 Å². The van der Waals surface area contributed by atoms with Gasteiger partial charge in [-0.25, -0.2) is 13.1 Å². The molecule has 0 spiro atoms. The van der Waals surface area contributed by atoms with Crippen LogP contribution < -0.4 is 4.72 Å². The van der Waals surface area contributed by atoms with Crippen molar-refractivity contribution < 1.29 is 13.5 Å². The van der Waals surface area contributed by atoms with Crippen molar-refractivity contribution in [3.63, 3.8) is 0 Å². The Hall–Kier alpha value is -0.910. The summed E-state index contributed by atoms with van der Waals surface area (Å²) in [5.41, 5.74) is 1.39. The zero-order valence-corrected chi connectivity index (χ0v) is 14.2. The van der Waals surface area contributed by atoms with Gasteiger partial charge in [0.25, 0.3) is 0 Å². The van der Waals surface area contributed by atoms with Gasteiger partial charge in [0.1, 0.15) is 0 Å². The fourth-order valence-corrected chi connectivity index (χ4v) is 3.85. The summed E-state index contributed by atoms with van der Waals surface area (Å²) >= 11 is 0. The number of sulfonamides is 1. The summed E-state index contributed by atoms with van der Waals surface area (Å²) < 4.78 is 27.8. The standard InChI is InChI=1S/C16H27NO3S/c1-5-15-9-8-14(11-18)10-16(15)21(19,20)17-13(4)7-6-12(2)3/h8-10,12-13,17-18H,5-7,11H2,1-4H3. The van der Waals surface area contributed by atoms with E-state index < -0.39 is 10.0 Å². The molecule has 120 valence electrons. The highest BCUT2D eigenvalue weighted by atomic mass is 32.2. The van der Waals surface area contributed by atoms with Crippen molar-refractivity contribution in [1.82, 2.24) is 4.72 Å². The third-order valence-electron chi connectivity index (χ3n) is 3.52. The van der Waals surface area contributed by atoms with Gasteiger partial charge in [-0.2, -0.15) is 0 Å². The molecular formula is C16H27NO3S. The highest BCUT2D eigenvalue weighted by Crippen LogP contribution is 2.20. The van der Waals surface area contributed by atoms with Crippen LogP contribution in [0.4, 0.5) is 0 Å². The van der Waals surface area contributed by atoms with Gasteiger partial charge in [0, 0.05) is 6.04 Å². The molecule has 0 radical (unpaired) electrons. The van der Waals surface area contributed by atoms with Crippen molar-refractivity contribution in [1.29, 1.82) is 0 Å². The molecule has 0 aliphatic carbocycles. The fraction of sp³-hybridized carbons (Fsp3) is 0.625. The van der Waals surface area contributed by atoms with E-state index in [1.807, 2.05) is 13.8 Å². The maximum atomic E-state index is 12.5. The van der Waals surface area contributed by atoms with Gasteiger partial charge < -0.3 is 5.11 Å². The lowest BCUT2D eigenvalue weighted by molar-refractivity contribution is 0.281. The Kier molecular flexibility index (Phi) is 6.84. The van der Waals surface area contributed by atoms with Crippen molar-refractivity contribution in [3.8, 4) is 0 Å². The van der Waals surface area contributed by atoms with Gasteiger partial charge in [-0.15, -0.1) is 0 Å². The third kappa shape index (κ3) is 5.41. The zero-order chi connectivity index (χ0) is 16.0.